The summed E-state index contributed by atoms with van der Waals surface area (Å²) in [5, 5.41) is 11.8. The van der Waals surface area contributed by atoms with Gasteiger partial charge in [-0.05, 0) is 12.8 Å². The number of aliphatic hydroxyl groups excluding tert-OH is 1. The summed E-state index contributed by atoms with van der Waals surface area (Å²) in [6, 6.07) is 0. The Balaban J connectivity index is 2.08. The van der Waals surface area contributed by atoms with Crippen LogP contribution in [0.5, 0.6) is 0 Å². The number of aliphatic hydroxyl groups is 1. The molecule has 2 rings (SSSR count). The molecule has 0 saturated heterocycles. The molecular formula is C7H8F3N3OS. The van der Waals surface area contributed by atoms with E-state index in [0.29, 0.717) is 11.5 Å². The van der Waals surface area contributed by atoms with Gasteiger partial charge in [0.05, 0.1) is 12.1 Å². The van der Waals surface area contributed by atoms with Crippen LogP contribution in [0.4, 0.5) is 18.3 Å². The summed E-state index contributed by atoms with van der Waals surface area (Å²) in [6.45, 7) is -0.103. The molecule has 0 radical (unpaired) electrons. The van der Waals surface area contributed by atoms with Crippen molar-refractivity contribution in [1.82, 2.24) is 9.36 Å². The molecule has 1 aromatic rings. The lowest BCUT2D eigenvalue weighted by Gasteiger charge is -2.11. The van der Waals surface area contributed by atoms with Gasteiger partial charge in [0.1, 0.15) is 0 Å². The van der Waals surface area contributed by atoms with Crippen molar-refractivity contribution in [3.8, 4) is 0 Å². The van der Waals surface area contributed by atoms with Crippen LogP contribution in [0.25, 0.3) is 0 Å². The lowest BCUT2D eigenvalue weighted by Crippen LogP contribution is -2.25. The van der Waals surface area contributed by atoms with E-state index in [1.54, 1.807) is 0 Å². The highest BCUT2D eigenvalue weighted by Crippen LogP contribution is 2.39. The number of hydrogen-bond donors (Lipinski definition) is 2. The Kier molecular flexibility index (Phi) is 2.34. The Labute approximate surface area is 87.3 Å². The number of anilines is 1. The van der Waals surface area contributed by atoms with E-state index in [1.165, 1.54) is 0 Å². The van der Waals surface area contributed by atoms with Crippen molar-refractivity contribution in [2.24, 2.45) is 0 Å². The van der Waals surface area contributed by atoms with Crippen molar-refractivity contribution >= 4 is 16.7 Å². The first kappa shape index (κ1) is 10.6. The molecule has 0 unspecified atom stereocenters. The molecule has 0 aromatic carbocycles. The Hall–Kier alpha value is -0.890. The summed E-state index contributed by atoms with van der Waals surface area (Å²) >= 11 is 0.655. The Bertz CT molecular complexity index is 361. The molecular weight excluding hydrogens is 231 g/mol. The first-order valence-corrected chi connectivity index (χ1v) is 5.02. The third kappa shape index (κ3) is 2.20. The highest BCUT2D eigenvalue weighted by molar-refractivity contribution is 7.09. The van der Waals surface area contributed by atoms with Crippen molar-refractivity contribution < 1.29 is 18.3 Å². The van der Waals surface area contributed by atoms with Crippen LogP contribution in [0.15, 0.2) is 0 Å². The van der Waals surface area contributed by atoms with Crippen molar-refractivity contribution in [2.75, 3.05) is 11.9 Å². The highest BCUT2D eigenvalue weighted by atomic mass is 32.1. The van der Waals surface area contributed by atoms with E-state index in [9.17, 15) is 13.2 Å². The summed E-state index contributed by atoms with van der Waals surface area (Å²) in [6.07, 6.45) is -3.03. The van der Waals surface area contributed by atoms with E-state index in [4.69, 9.17) is 5.11 Å². The molecule has 15 heavy (non-hydrogen) atoms. The van der Waals surface area contributed by atoms with Gasteiger partial charge in [-0.1, -0.05) is 0 Å². The minimum absolute atomic E-state index is 0.103. The van der Waals surface area contributed by atoms with Crippen molar-refractivity contribution in [1.29, 1.82) is 0 Å². The van der Waals surface area contributed by atoms with Crippen molar-refractivity contribution in [2.45, 2.75) is 24.6 Å². The predicted octanol–water partition coefficient (Wildman–Crippen LogP) is 1.49. The van der Waals surface area contributed by atoms with Crippen LogP contribution in [0, 0.1) is 0 Å². The Morgan fingerprint density at radius 1 is 1.47 bits per heavy atom. The minimum atomic E-state index is -4.51. The van der Waals surface area contributed by atoms with Crippen molar-refractivity contribution in [3.63, 3.8) is 0 Å². The van der Waals surface area contributed by atoms with E-state index in [1.807, 2.05) is 0 Å². The van der Waals surface area contributed by atoms with Gasteiger partial charge >= 0.3 is 6.18 Å². The van der Waals surface area contributed by atoms with Gasteiger partial charge in [0.25, 0.3) is 0 Å². The molecule has 8 heteroatoms. The number of rotatable bonds is 3. The van der Waals surface area contributed by atoms with Crippen LogP contribution in [0.1, 0.15) is 18.7 Å². The monoisotopic (exact) mass is 239 g/mol. The van der Waals surface area contributed by atoms with Gasteiger partial charge in [-0.25, -0.2) is 0 Å². The zero-order chi connectivity index (χ0) is 11.1. The normalized spacial score (nSPS) is 18.9. The molecule has 1 aromatic heterocycles. The van der Waals surface area contributed by atoms with E-state index in [0.717, 1.165) is 12.8 Å². The first-order valence-electron chi connectivity index (χ1n) is 4.25. The number of hydrogen-bond acceptors (Lipinski definition) is 5. The molecule has 2 N–H and O–H groups in total. The quantitative estimate of drug-likeness (QED) is 0.839. The third-order valence-corrected chi connectivity index (χ3v) is 2.84. The number of nitrogens with one attached hydrogen (secondary N) is 1. The average molecular weight is 239 g/mol. The second-order valence-corrected chi connectivity index (χ2v) is 4.24. The van der Waals surface area contributed by atoms with Crippen LogP contribution in [-0.4, -0.2) is 26.6 Å². The van der Waals surface area contributed by atoms with Gasteiger partial charge < -0.3 is 10.4 Å². The Morgan fingerprint density at radius 3 is 2.53 bits per heavy atom. The van der Waals surface area contributed by atoms with Crippen LogP contribution >= 0.6 is 11.5 Å². The van der Waals surface area contributed by atoms with Gasteiger partial charge in [-0.2, -0.15) is 22.5 Å². The number of halogens is 3. The molecule has 1 heterocycles. The van der Waals surface area contributed by atoms with Crippen LogP contribution in [-0.2, 0) is 6.18 Å². The molecule has 1 aliphatic carbocycles. The van der Waals surface area contributed by atoms with Crippen LogP contribution < -0.4 is 5.32 Å². The molecule has 0 aliphatic heterocycles. The molecule has 1 aliphatic rings. The maximum atomic E-state index is 12.1. The fourth-order valence-corrected chi connectivity index (χ4v) is 1.80. The molecule has 0 atom stereocenters. The second kappa shape index (κ2) is 3.31. The molecule has 0 bridgehead atoms. The molecule has 0 amide bonds. The summed E-state index contributed by atoms with van der Waals surface area (Å²) in [5.41, 5.74) is -0.470. The largest absolute Gasteiger partial charge is 0.452 e. The summed E-state index contributed by atoms with van der Waals surface area (Å²) in [5.74, 6) is -1.14. The summed E-state index contributed by atoms with van der Waals surface area (Å²) in [4.78, 5) is 3.31. The number of nitrogens with zero attached hydrogens (tertiary/aromatic N) is 2. The minimum Gasteiger partial charge on any atom is -0.394 e. The molecule has 0 spiro atoms. The molecule has 1 fully saturated rings. The number of alkyl halides is 3. The zero-order valence-electron chi connectivity index (χ0n) is 7.51. The second-order valence-electron chi connectivity index (χ2n) is 3.48. The molecule has 84 valence electrons. The van der Waals surface area contributed by atoms with Crippen molar-refractivity contribution in [3.05, 3.63) is 5.82 Å². The van der Waals surface area contributed by atoms with Gasteiger partial charge in [-0.3, -0.25) is 0 Å². The summed E-state index contributed by atoms with van der Waals surface area (Å²) in [7, 11) is 0. The fraction of sp³-hybridized carbons (Fsp3) is 0.714. The maximum Gasteiger partial charge on any atom is 0.452 e. The average Bonchev–Trinajstić information content (AvgIpc) is 2.73. The lowest BCUT2D eigenvalue weighted by molar-refractivity contribution is -0.144. The third-order valence-electron chi connectivity index (χ3n) is 2.21. The predicted molar refractivity (Wildman–Crippen MR) is 47.6 cm³/mol. The smallest absolute Gasteiger partial charge is 0.394 e. The highest BCUT2D eigenvalue weighted by Gasteiger charge is 2.43. The lowest BCUT2D eigenvalue weighted by atomic mass is 10.3. The van der Waals surface area contributed by atoms with Crippen LogP contribution in [0.3, 0.4) is 0 Å². The maximum absolute atomic E-state index is 12.1. The standard InChI is InChI=1S/C7H8F3N3OS/c8-7(9,10)4-11-5(15-13-4)12-6(3-14)1-2-6/h14H,1-3H2,(H,11,12,13). The van der Waals surface area contributed by atoms with Gasteiger partial charge in [0.15, 0.2) is 0 Å². The number of aromatic nitrogens is 2. The van der Waals surface area contributed by atoms with E-state index < -0.39 is 17.5 Å². The van der Waals surface area contributed by atoms with Gasteiger partial charge in [0.2, 0.25) is 11.0 Å². The SMILES string of the molecule is OCC1(Nc2nc(C(F)(F)F)ns2)CC1. The zero-order valence-corrected chi connectivity index (χ0v) is 8.32. The van der Waals surface area contributed by atoms with E-state index in [-0.39, 0.29) is 11.7 Å². The molecule has 4 nitrogen and oxygen atoms in total. The summed E-state index contributed by atoms with van der Waals surface area (Å²) < 4.78 is 39.6. The Morgan fingerprint density at radius 2 is 2.13 bits per heavy atom. The van der Waals surface area contributed by atoms with Gasteiger partial charge in [0, 0.05) is 11.5 Å². The van der Waals surface area contributed by atoms with E-state index in [2.05, 4.69) is 14.7 Å². The fourth-order valence-electron chi connectivity index (χ4n) is 1.09. The first-order chi connectivity index (χ1) is 6.95. The van der Waals surface area contributed by atoms with Crippen LogP contribution in [0.2, 0.25) is 0 Å². The van der Waals surface area contributed by atoms with Gasteiger partial charge in [-0.15, -0.1) is 0 Å². The van der Waals surface area contributed by atoms with E-state index >= 15 is 0 Å². The topological polar surface area (TPSA) is 58.0 Å². The molecule has 1 saturated carbocycles.